The third-order valence-corrected chi connectivity index (χ3v) is 4.53. The zero-order chi connectivity index (χ0) is 23.1. The third-order valence-electron chi connectivity index (χ3n) is 4.53. The topological polar surface area (TPSA) is 94.5 Å². The molecular formula is C24H28N4O4. The van der Waals surface area contributed by atoms with Gasteiger partial charge in [-0.25, -0.2) is 14.6 Å². The Balaban J connectivity index is 1.88. The molecule has 0 saturated carbocycles. The monoisotopic (exact) mass is 436 g/mol. The van der Waals surface area contributed by atoms with Crippen molar-refractivity contribution in [2.24, 2.45) is 0 Å². The van der Waals surface area contributed by atoms with Gasteiger partial charge in [-0.05, 0) is 50.6 Å². The fourth-order valence-electron chi connectivity index (χ4n) is 3.17. The summed E-state index contributed by atoms with van der Waals surface area (Å²) in [5.74, 6) is 0.661. The molecule has 8 nitrogen and oxygen atoms in total. The van der Waals surface area contributed by atoms with Crippen LogP contribution in [-0.2, 0) is 15.9 Å². The van der Waals surface area contributed by atoms with Crippen LogP contribution in [0.15, 0.2) is 67.0 Å². The molecule has 32 heavy (non-hydrogen) atoms. The highest BCUT2D eigenvalue weighted by molar-refractivity contribution is 5.84. The van der Waals surface area contributed by atoms with Gasteiger partial charge < -0.3 is 19.4 Å². The van der Waals surface area contributed by atoms with Crippen LogP contribution >= 0.6 is 0 Å². The maximum Gasteiger partial charge on any atom is 0.411 e. The van der Waals surface area contributed by atoms with E-state index in [9.17, 15) is 9.59 Å². The van der Waals surface area contributed by atoms with Crippen molar-refractivity contribution in [3.05, 3.63) is 78.4 Å². The van der Waals surface area contributed by atoms with Crippen LogP contribution < -0.4 is 10.6 Å². The maximum absolute atomic E-state index is 12.6. The van der Waals surface area contributed by atoms with Crippen LogP contribution in [0.1, 0.15) is 38.2 Å². The zero-order valence-corrected chi connectivity index (χ0v) is 18.7. The molecule has 168 valence electrons. The fraction of sp³-hybridized carbons (Fsp3) is 0.292. The lowest BCUT2D eigenvalue weighted by molar-refractivity contribution is 0.0500. The molecule has 0 radical (unpaired) electrons. The van der Waals surface area contributed by atoms with Gasteiger partial charge in [-0.15, -0.1) is 0 Å². The molecule has 0 fully saturated rings. The van der Waals surface area contributed by atoms with Gasteiger partial charge in [0.05, 0.1) is 13.2 Å². The number of carbonyl (C=O) groups is 2. The Morgan fingerprint density at radius 3 is 2.34 bits per heavy atom. The number of amides is 2. The van der Waals surface area contributed by atoms with Gasteiger partial charge in [-0.3, -0.25) is 5.32 Å². The van der Waals surface area contributed by atoms with E-state index < -0.39 is 23.8 Å². The van der Waals surface area contributed by atoms with E-state index in [0.29, 0.717) is 17.9 Å². The summed E-state index contributed by atoms with van der Waals surface area (Å²) in [6.45, 7) is 5.47. The molecule has 1 aromatic heterocycles. The largest absolute Gasteiger partial charge is 0.453 e. The summed E-state index contributed by atoms with van der Waals surface area (Å²) in [5.41, 5.74) is 1.88. The number of imidazole rings is 1. The summed E-state index contributed by atoms with van der Waals surface area (Å²) in [6.07, 6.45) is 3.01. The molecule has 0 aliphatic carbocycles. The van der Waals surface area contributed by atoms with Crippen molar-refractivity contribution in [2.45, 2.75) is 38.8 Å². The molecule has 1 atom stereocenters. The van der Waals surface area contributed by atoms with Gasteiger partial charge in [0.2, 0.25) is 0 Å². The van der Waals surface area contributed by atoms with Gasteiger partial charge >= 0.3 is 12.2 Å². The predicted octanol–water partition coefficient (Wildman–Crippen LogP) is 4.86. The molecule has 3 rings (SSSR count). The van der Waals surface area contributed by atoms with E-state index in [1.807, 2.05) is 74.0 Å². The molecule has 1 unspecified atom stereocenters. The number of rotatable bonds is 6. The average molecular weight is 437 g/mol. The predicted molar refractivity (Wildman–Crippen MR) is 122 cm³/mol. The minimum Gasteiger partial charge on any atom is -0.453 e. The van der Waals surface area contributed by atoms with Gasteiger partial charge in [0.25, 0.3) is 0 Å². The second-order valence-electron chi connectivity index (χ2n) is 8.21. The molecule has 1 heterocycles. The summed E-state index contributed by atoms with van der Waals surface area (Å²) < 4.78 is 12.0. The van der Waals surface area contributed by atoms with Crippen molar-refractivity contribution in [2.75, 3.05) is 12.4 Å². The molecule has 0 aliphatic heterocycles. The number of hydrogen-bond acceptors (Lipinski definition) is 5. The van der Waals surface area contributed by atoms with E-state index in [1.54, 1.807) is 18.3 Å². The fourth-order valence-corrected chi connectivity index (χ4v) is 3.17. The van der Waals surface area contributed by atoms with Gasteiger partial charge in [0.15, 0.2) is 0 Å². The number of nitrogens with one attached hydrogen (secondary N) is 2. The number of methoxy groups -OCH3 is 1. The number of carbonyl (C=O) groups excluding carboxylic acids is 2. The van der Waals surface area contributed by atoms with Crippen molar-refractivity contribution < 1.29 is 19.1 Å². The number of benzene rings is 2. The number of nitrogens with zero attached hydrogens (tertiary/aromatic N) is 2. The highest BCUT2D eigenvalue weighted by Crippen LogP contribution is 2.23. The average Bonchev–Trinajstić information content (AvgIpc) is 3.23. The van der Waals surface area contributed by atoms with Gasteiger partial charge in [0, 0.05) is 30.2 Å². The van der Waals surface area contributed by atoms with Crippen molar-refractivity contribution in [1.29, 1.82) is 0 Å². The Kier molecular flexibility index (Phi) is 7.14. The van der Waals surface area contributed by atoms with Crippen molar-refractivity contribution in [1.82, 2.24) is 14.9 Å². The Morgan fingerprint density at radius 1 is 1.03 bits per heavy atom. The number of aromatic nitrogens is 2. The summed E-state index contributed by atoms with van der Waals surface area (Å²) >= 11 is 0. The summed E-state index contributed by atoms with van der Waals surface area (Å²) in [4.78, 5) is 28.5. The van der Waals surface area contributed by atoms with Crippen molar-refractivity contribution in [3.8, 4) is 5.69 Å². The van der Waals surface area contributed by atoms with Crippen LogP contribution in [0.5, 0.6) is 0 Å². The Bertz CT molecular complexity index is 1040. The van der Waals surface area contributed by atoms with Crippen LogP contribution in [0, 0.1) is 0 Å². The second-order valence-corrected chi connectivity index (χ2v) is 8.21. The summed E-state index contributed by atoms with van der Waals surface area (Å²) in [5, 5.41) is 5.58. The number of alkyl carbamates (subject to hydrolysis) is 1. The number of anilines is 1. The zero-order valence-electron chi connectivity index (χ0n) is 18.7. The van der Waals surface area contributed by atoms with Crippen LogP contribution in [0.4, 0.5) is 15.3 Å². The van der Waals surface area contributed by atoms with Gasteiger partial charge in [0.1, 0.15) is 11.4 Å². The van der Waals surface area contributed by atoms with Crippen LogP contribution in [0.25, 0.3) is 5.69 Å². The molecule has 0 spiro atoms. The lowest BCUT2D eigenvalue weighted by Crippen LogP contribution is -2.36. The Morgan fingerprint density at radius 2 is 1.72 bits per heavy atom. The molecule has 0 saturated heterocycles. The molecule has 2 amide bonds. The van der Waals surface area contributed by atoms with E-state index in [0.717, 1.165) is 11.3 Å². The molecule has 3 aromatic rings. The highest BCUT2D eigenvalue weighted by Gasteiger charge is 2.24. The van der Waals surface area contributed by atoms with Crippen LogP contribution in [-0.4, -0.2) is 34.4 Å². The first kappa shape index (κ1) is 22.9. The minimum absolute atomic E-state index is 0.421. The van der Waals surface area contributed by atoms with Gasteiger partial charge in [-0.1, -0.05) is 30.3 Å². The molecule has 0 bridgehead atoms. The van der Waals surface area contributed by atoms with E-state index in [2.05, 4.69) is 20.4 Å². The quantitative estimate of drug-likeness (QED) is 0.576. The minimum atomic E-state index is -0.612. The van der Waals surface area contributed by atoms with Crippen molar-refractivity contribution >= 4 is 17.9 Å². The lowest BCUT2D eigenvalue weighted by atomic mass is 10.1. The second kappa shape index (κ2) is 10.00. The third kappa shape index (κ3) is 6.34. The first-order chi connectivity index (χ1) is 15.2. The molecule has 2 N–H and O–H groups in total. The Hall–Kier alpha value is -3.81. The molecule has 2 aromatic carbocycles. The van der Waals surface area contributed by atoms with E-state index in [4.69, 9.17) is 4.74 Å². The van der Waals surface area contributed by atoms with E-state index >= 15 is 0 Å². The van der Waals surface area contributed by atoms with E-state index in [1.165, 1.54) is 7.11 Å². The molecular weight excluding hydrogens is 408 g/mol. The standard InChI is InChI=1S/C24H28N4O4/c1-24(2,3)32-23(30)27-20(16-17-8-6-5-7-9-17)21-25-14-15-28(21)19-12-10-18(11-13-19)26-22(29)31-4/h5-15,20H,16H2,1-4H3,(H,26,29)(H,27,30). The summed E-state index contributed by atoms with van der Waals surface area (Å²) in [6, 6.07) is 16.7. The number of hydrogen-bond donors (Lipinski definition) is 2. The molecule has 8 heteroatoms. The maximum atomic E-state index is 12.6. The highest BCUT2D eigenvalue weighted by atomic mass is 16.6. The van der Waals surface area contributed by atoms with Crippen LogP contribution in [0.3, 0.4) is 0 Å². The van der Waals surface area contributed by atoms with Crippen molar-refractivity contribution in [3.63, 3.8) is 0 Å². The van der Waals surface area contributed by atoms with Crippen LogP contribution in [0.2, 0.25) is 0 Å². The number of ether oxygens (including phenoxy) is 2. The lowest BCUT2D eigenvalue weighted by Gasteiger charge is -2.24. The van der Waals surface area contributed by atoms with E-state index in [-0.39, 0.29) is 0 Å². The summed E-state index contributed by atoms with van der Waals surface area (Å²) in [7, 11) is 1.31. The molecule has 0 aliphatic rings. The van der Waals surface area contributed by atoms with Gasteiger partial charge in [-0.2, -0.15) is 0 Å². The normalized spacial score (nSPS) is 12.0. The Labute approximate surface area is 187 Å². The smallest absolute Gasteiger partial charge is 0.411 e. The SMILES string of the molecule is COC(=O)Nc1ccc(-n2ccnc2C(Cc2ccccc2)NC(=O)OC(C)(C)C)cc1. The first-order valence-corrected chi connectivity index (χ1v) is 10.3. The first-order valence-electron chi connectivity index (χ1n) is 10.3.